The first-order chi connectivity index (χ1) is 18.1. The molecule has 2 aromatic carbocycles. The number of unbranched alkanes of at least 4 members (excludes halogenated alkanes) is 15. The van der Waals surface area contributed by atoms with Gasteiger partial charge in [-0.05, 0) is 48.3 Å². The van der Waals surface area contributed by atoms with E-state index < -0.39 is 13.1 Å². The number of carbonyl (C=O) groups excluding carboxylic acids is 1. The molecule has 0 bridgehead atoms. The lowest BCUT2D eigenvalue weighted by molar-refractivity contribution is 0.0734. The van der Waals surface area contributed by atoms with Crippen LogP contribution in [0.15, 0.2) is 48.5 Å². The van der Waals surface area contributed by atoms with Gasteiger partial charge in [-0.25, -0.2) is 4.79 Å². The van der Waals surface area contributed by atoms with E-state index in [0.717, 1.165) is 12.2 Å². The van der Waals surface area contributed by atoms with Crippen molar-refractivity contribution in [3.8, 4) is 11.5 Å². The minimum Gasteiger partial charge on any atom is -0.494 e. The van der Waals surface area contributed by atoms with Crippen LogP contribution in [0.5, 0.6) is 11.5 Å². The van der Waals surface area contributed by atoms with Crippen LogP contribution in [0.1, 0.15) is 120 Å². The van der Waals surface area contributed by atoms with Crippen LogP contribution in [-0.4, -0.2) is 29.7 Å². The molecule has 0 aliphatic carbocycles. The highest BCUT2D eigenvalue weighted by Gasteiger charge is 2.12. The van der Waals surface area contributed by atoms with Crippen molar-refractivity contribution in [1.82, 2.24) is 0 Å². The van der Waals surface area contributed by atoms with Gasteiger partial charge < -0.3 is 19.5 Å². The Labute approximate surface area is 224 Å². The second kappa shape index (κ2) is 19.8. The molecule has 0 fully saturated rings. The molecule has 0 saturated carbocycles. The number of benzene rings is 2. The topological polar surface area (TPSA) is 76.0 Å². The van der Waals surface area contributed by atoms with Gasteiger partial charge >= 0.3 is 13.1 Å². The summed E-state index contributed by atoms with van der Waals surface area (Å²) >= 11 is 0. The Bertz CT molecular complexity index is 836. The van der Waals surface area contributed by atoms with Crippen LogP contribution >= 0.6 is 0 Å². The average molecular weight is 511 g/mol. The number of hydrogen-bond acceptors (Lipinski definition) is 5. The molecule has 2 aromatic rings. The fraction of sp³-hybridized carbons (Fsp3) is 0.581. The minimum absolute atomic E-state index is 0.339. The normalized spacial score (nSPS) is 10.9. The van der Waals surface area contributed by atoms with E-state index in [0.29, 0.717) is 23.4 Å². The maximum atomic E-state index is 12.3. The van der Waals surface area contributed by atoms with Crippen LogP contribution in [-0.2, 0) is 0 Å². The van der Waals surface area contributed by atoms with Crippen LogP contribution in [0.25, 0.3) is 0 Å². The van der Waals surface area contributed by atoms with E-state index in [1.807, 2.05) is 0 Å². The Morgan fingerprint density at radius 2 is 1.05 bits per heavy atom. The quantitative estimate of drug-likeness (QED) is 0.0802. The van der Waals surface area contributed by atoms with Crippen molar-refractivity contribution in [2.45, 2.75) is 110 Å². The fourth-order valence-electron chi connectivity index (χ4n) is 4.40. The van der Waals surface area contributed by atoms with Crippen LogP contribution in [0.3, 0.4) is 0 Å². The first-order valence-corrected chi connectivity index (χ1v) is 14.5. The second-order valence-electron chi connectivity index (χ2n) is 10.0. The summed E-state index contributed by atoms with van der Waals surface area (Å²) in [7, 11) is -1.54. The standard InChI is InChI=1S/C31H47BO5/c1-2-3-4-5-6-7-8-9-10-11-12-13-14-15-16-17-26-36-29-22-18-27(19-23-29)31(33)37-30-24-20-28(21-25-30)32(34)35/h18-25,34-35H,2-17,26H2,1H3. The van der Waals surface area contributed by atoms with Gasteiger partial charge in [-0.1, -0.05) is 115 Å². The first kappa shape index (κ1) is 30.9. The van der Waals surface area contributed by atoms with Gasteiger partial charge in [0.1, 0.15) is 11.5 Å². The molecule has 0 atom stereocenters. The van der Waals surface area contributed by atoms with E-state index in [1.54, 1.807) is 24.3 Å². The summed E-state index contributed by atoms with van der Waals surface area (Å²) in [5.74, 6) is 0.624. The molecule has 5 nitrogen and oxygen atoms in total. The second-order valence-corrected chi connectivity index (χ2v) is 10.0. The minimum atomic E-state index is -1.54. The van der Waals surface area contributed by atoms with Crippen molar-refractivity contribution >= 4 is 18.6 Å². The summed E-state index contributed by atoms with van der Waals surface area (Å²) in [5, 5.41) is 18.3. The summed E-state index contributed by atoms with van der Waals surface area (Å²) < 4.78 is 11.1. The molecule has 6 heteroatoms. The van der Waals surface area contributed by atoms with Crippen LogP contribution in [0.2, 0.25) is 0 Å². The summed E-state index contributed by atoms with van der Waals surface area (Å²) in [6.07, 6.45) is 21.6. The smallest absolute Gasteiger partial charge is 0.488 e. The molecule has 2 N–H and O–H groups in total. The van der Waals surface area contributed by atoms with Gasteiger partial charge in [-0.15, -0.1) is 0 Å². The zero-order valence-electron chi connectivity index (χ0n) is 22.8. The van der Waals surface area contributed by atoms with Crippen LogP contribution in [0, 0.1) is 0 Å². The first-order valence-electron chi connectivity index (χ1n) is 14.5. The van der Waals surface area contributed by atoms with E-state index in [-0.39, 0.29) is 0 Å². The van der Waals surface area contributed by atoms with Gasteiger partial charge in [0.2, 0.25) is 0 Å². The third kappa shape index (κ3) is 14.3. The summed E-state index contributed by atoms with van der Waals surface area (Å²) in [5.41, 5.74) is 0.770. The molecule has 0 radical (unpaired) electrons. The van der Waals surface area contributed by atoms with Crippen molar-refractivity contribution in [2.75, 3.05) is 6.61 Å². The van der Waals surface area contributed by atoms with Crippen molar-refractivity contribution in [1.29, 1.82) is 0 Å². The maximum absolute atomic E-state index is 12.3. The van der Waals surface area contributed by atoms with Gasteiger partial charge in [0.05, 0.1) is 12.2 Å². The third-order valence-corrected chi connectivity index (χ3v) is 6.75. The molecule has 0 heterocycles. The molecule has 0 spiro atoms. The van der Waals surface area contributed by atoms with Crippen molar-refractivity contribution in [2.24, 2.45) is 0 Å². The highest BCUT2D eigenvalue weighted by atomic mass is 16.5. The molecular formula is C31H47BO5. The number of esters is 1. The van der Waals surface area contributed by atoms with E-state index in [2.05, 4.69) is 6.92 Å². The summed E-state index contributed by atoms with van der Waals surface area (Å²) in [4.78, 5) is 12.3. The zero-order valence-corrected chi connectivity index (χ0v) is 22.8. The van der Waals surface area contributed by atoms with E-state index in [1.165, 1.54) is 121 Å². The molecular weight excluding hydrogens is 463 g/mol. The monoisotopic (exact) mass is 510 g/mol. The van der Waals surface area contributed by atoms with Gasteiger partial charge in [-0.3, -0.25) is 0 Å². The Hall–Kier alpha value is -2.31. The molecule has 0 aromatic heterocycles. The lowest BCUT2D eigenvalue weighted by Crippen LogP contribution is -2.29. The highest BCUT2D eigenvalue weighted by Crippen LogP contribution is 2.17. The van der Waals surface area contributed by atoms with Crippen molar-refractivity contribution in [3.63, 3.8) is 0 Å². The maximum Gasteiger partial charge on any atom is 0.488 e. The Morgan fingerprint density at radius 3 is 1.51 bits per heavy atom. The molecule has 0 aliphatic heterocycles. The number of hydrogen-bond donors (Lipinski definition) is 2. The lowest BCUT2D eigenvalue weighted by Gasteiger charge is -2.08. The van der Waals surface area contributed by atoms with E-state index in [4.69, 9.17) is 19.5 Å². The summed E-state index contributed by atoms with van der Waals surface area (Å²) in [6.45, 7) is 2.96. The lowest BCUT2D eigenvalue weighted by atomic mass is 9.80. The average Bonchev–Trinajstić information content (AvgIpc) is 2.91. The molecule has 0 unspecified atom stereocenters. The number of ether oxygens (including phenoxy) is 2. The van der Waals surface area contributed by atoms with E-state index in [9.17, 15) is 4.79 Å². The predicted octanol–water partition coefficient (Wildman–Crippen LogP) is 7.23. The Balaban J connectivity index is 1.44. The molecule has 0 amide bonds. The highest BCUT2D eigenvalue weighted by molar-refractivity contribution is 6.58. The molecule has 0 aliphatic rings. The Morgan fingerprint density at radius 1 is 0.622 bits per heavy atom. The molecule has 2 rings (SSSR count). The van der Waals surface area contributed by atoms with Crippen LogP contribution in [0.4, 0.5) is 0 Å². The SMILES string of the molecule is CCCCCCCCCCCCCCCCCCOc1ccc(C(=O)Oc2ccc(B(O)O)cc2)cc1. The molecule has 37 heavy (non-hydrogen) atoms. The van der Waals surface area contributed by atoms with Crippen molar-refractivity contribution < 1.29 is 24.3 Å². The van der Waals surface area contributed by atoms with Crippen molar-refractivity contribution in [3.05, 3.63) is 54.1 Å². The van der Waals surface area contributed by atoms with E-state index >= 15 is 0 Å². The van der Waals surface area contributed by atoms with Gasteiger partial charge in [0.25, 0.3) is 0 Å². The third-order valence-electron chi connectivity index (χ3n) is 6.75. The Kier molecular flexibility index (Phi) is 16.5. The van der Waals surface area contributed by atoms with Gasteiger partial charge in [0, 0.05) is 0 Å². The predicted molar refractivity (Wildman–Crippen MR) is 153 cm³/mol. The van der Waals surface area contributed by atoms with Crippen LogP contribution < -0.4 is 14.9 Å². The van der Waals surface area contributed by atoms with Gasteiger partial charge in [0.15, 0.2) is 0 Å². The molecule has 0 saturated heterocycles. The fourth-order valence-corrected chi connectivity index (χ4v) is 4.40. The van der Waals surface area contributed by atoms with Gasteiger partial charge in [-0.2, -0.15) is 0 Å². The zero-order chi connectivity index (χ0) is 26.6. The number of rotatable bonds is 21. The largest absolute Gasteiger partial charge is 0.494 e. The summed E-state index contributed by atoms with van der Waals surface area (Å²) in [6, 6.07) is 13.0. The number of carbonyl (C=O) groups is 1. The molecule has 204 valence electrons.